The summed E-state index contributed by atoms with van der Waals surface area (Å²) in [5.41, 5.74) is 6.86. The lowest BCUT2D eigenvalue weighted by Gasteiger charge is -2.20. The molecule has 0 aliphatic carbocycles. The van der Waals surface area contributed by atoms with Crippen molar-refractivity contribution in [1.82, 2.24) is 9.88 Å². The van der Waals surface area contributed by atoms with Crippen LogP contribution in [0.3, 0.4) is 0 Å². The van der Waals surface area contributed by atoms with E-state index in [2.05, 4.69) is 10.3 Å². The van der Waals surface area contributed by atoms with Gasteiger partial charge in [-0.05, 0) is 26.0 Å². The van der Waals surface area contributed by atoms with Crippen LogP contribution < -0.4 is 11.1 Å². The highest BCUT2D eigenvalue weighted by atomic mass is 16.2. The molecule has 1 aromatic heterocycles. The molecule has 0 aliphatic heterocycles. The molecule has 1 aromatic rings. The molecule has 0 radical (unpaired) electrons. The summed E-state index contributed by atoms with van der Waals surface area (Å²) in [6.45, 7) is 4.51. The van der Waals surface area contributed by atoms with Crippen molar-refractivity contribution < 1.29 is 4.79 Å². The van der Waals surface area contributed by atoms with Gasteiger partial charge in [-0.15, -0.1) is 0 Å². The zero-order chi connectivity index (χ0) is 13.1. The first-order valence-corrected chi connectivity index (χ1v) is 5.50. The number of aromatic nitrogens is 1. The van der Waals surface area contributed by atoms with Crippen molar-refractivity contribution in [2.24, 2.45) is 5.73 Å². The molecule has 0 atom stereocenters. The van der Waals surface area contributed by atoms with Crippen molar-refractivity contribution in [3.63, 3.8) is 0 Å². The topological polar surface area (TPSA) is 71.2 Å². The van der Waals surface area contributed by atoms with E-state index in [4.69, 9.17) is 5.73 Å². The van der Waals surface area contributed by atoms with Crippen LogP contribution >= 0.6 is 0 Å². The quantitative estimate of drug-likeness (QED) is 0.816. The molecule has 0 aromatic carbocycles. The third kappa shape index (κ3) is 4.40. The summed E-state index contributed by atoms with van der Waals surface area (Å²) in [4.78, 5) is 17.3. The Hall–Kier alpha value is -1.62. The molecule has 0 saturated heterocycles. The molecule has 94 valence electrons. The highest BCUT2D eigenvalue weighted by Gasteiger charge is 2.12. The fraction of sp³-hybridized carbons (Fsp3) is 0.500. The van der Waals surface area contributed by atoms with Gasteiger partial charge in [0.2, 0.25) is 0 Å². The number of carbonyl (C=O) groups is 1. The van der Waals surface area contributed by atoms with Gasteiger partial charge in [0.15, 0.2) is 0 Å². The van der Waals surface area contributed by atoms with E-state index in [0.717, 1.165) is 5.69 Å². The Labute approximate surface area is 102 Å². The minimum Gasteiger partial charge on any atom is -0.383 e. The van der Waals surface area contributed by atoms with Gasteiger partial charge in [-0.3, -0.25) is 9.78 Å². The first kappa shape index (κ1) is 13.4. The standard InChI is InChI=1S/C12H20N4O/c1-12(2,13)8-15-9-5-6-14-10(7-9)11(17)16(3)4/h5-7H,8,13H2,1-4H3,(H,14,15). The van der Waals surface area contributed by atoms with E-state index >= 15 is 0 Å². The van der Waals surface area contributed by atoms with Crippen LogP contribution in [0.5, 0.6) is 0 Å². The average molecular weight is 236 g/mol. The van der Waals surface area contributed by atoms with E-state index < -0.39 is 0 Å². The Morgan fingerprint density at radius 2 is 2.18 bits per heavy atom. The van der Waals surface area contributed by atoms with Crippen LogP contribution in [0, 0.1) is 0 Å². The normalized spacial score (nSPS) is 11.1. The zero-order valence-corrected chi connectivity index (χ0v) is 10.8. The van der Waals surface area contributed by atoms with Crippen molar-refractivity contribution >= 4 is 11.6 Å². The van der Waals surface area contributed by atoms with Gasteiger partial charge >= 0.3 is 0 Å². The Kier molecular flexibility index (Phi) is 4.07. The van der Waals surface area contributed by atoms with E-state index in [1.54, 1.807) is 26.4 Å². The van der Waals surface area contributed by atoms with Crippen molar-refractivity contribution in [3.05, 3.63) is 24.0 Å². The van der Waals surface area contributed by atoms with E-state index in [-0.39, 0.29) is 11.4 Å². The molecule has 0 saturated carbocycles. The van der Waals surface area contributed by atoms with Crippen LogP contribution in [-0.4, -0.2) is 42.0 Å². The van der Waals surface area contributed by atoms with Crippen LogP contribution in [-0.2, 0) is 0 Å². The fourth-order valence-corrected chi connectivity index (χ4v) is 1.22. The maximum atomic E-state index is 11.7. The van der Waals surface area contributed by atoms with Crippen molar-refractivity contribution in [2.75, 3.05) is 26.0 Å². The lowest BCUT2D eigenvalue weighted by atomic mass is 10.1. The third-order valence-electron chi connectivity index (χ3n) is 2.13. The molecule has 1 rings (SSSR count). The van der Waals surface area contributed by atoms with Crippen LogP contribution in [0.1, 0.15) is 24.3 Å². The van der Waals surface area contributed by atoms with Gasteiger partial charge in [-0.2, -0.15) is 0 Å². The Balaban J connectivity index is 2.76. The highest BCUT2D eigenvalue weighted by Crippen LogP contribution is 2.10. The number of nitrogens with one attached hydrogen (secondary N) is 1. The average Bonchev–Trinajstić information content (AvgIpc) is 2.24. The SMILES string of the molecule is CN(C)C(=O)c1cc(NCC(C)(C)N)ccn1. The van der Waals surface area contributed by atoms with Gasteiger partial charge in [0.1, 0.15) is 5.69 Å². The predicted molar refractivity (Wildman–Crippen MR) is 69.0 cm³/mol. The van der Waals surface area contributed by atoms with Crippen LogP contribution in [0.15, 0.2) is 18.3 Å². The number of rotatable bonds is 4. The van der Waals surface area contributed by atoms with E-state index in [1.165, 1.54) is 4.90 Å². The predicted octanol–water partition coefficient (Wildman–Crippen LogP) is 0.933. The molecule has 0 aliphatic rings. The number of nitrogens with two attached hydrogens (primary N) is 1. The molecular weight excluding hydrogens is 216 g/mol. The Bertz CT molecular complexity index is 396. The second-order valence-electron chi connectivity index (χ2n) is 4.97. The number of nitrogens with zero attached hydrogens (tertiary/aromatic N) is 2. The zero-order valence-electron chi connectivity index (χ0n) is 10.8. The number of pyridine rings is 1. The Morgan fingerprint density at radius 1 is 1.53 bits per heavy atom. The first-order chi connectivity index (χ1) is 7.79. The van der Waals surface area contributed by atoms with E-state index in [9.17, 15) is 4.79 Å². The van der Waals surface area contributed by atoms with Gasteiger partial charge in [0, 0.05) is 38.1 Å². The van der Waals surface area contributed by atoms with Crippen LogP contribution in [0.4, 0.5) is 5.69 Å². The number of hydrogen-bond acceptors (Lipinski definition) is 4. The van der Waals surface area contributed by atoms with Crippen molar-refractivity contribution in [1.29, 1.82) is 0 Å². The highest BCUT2D eigenvalue weighted by molar-refractivity contribution is 5.92. The molecular formula is C12H20N4O. The van der Waals surface area contributed by atoms with Gasteiger partial charge in [0.05, 0.1) is 0 Å². The summed E-state index contributed by atoms with van der Waals surface area (Å²) in [5, 5.41) is 3.18. The monoisotopic (exact) mass is 236 g/mol. The van der Waals surface area contributed by atoms with E-state index in [1.807, 2.05) is 19.9 Å². The lowest BCUT2D eigenvalue weighted by molar-refractivity contribution is 0.0822. The van der Waals surface area contributed by atoms with Gasteiger partial charge in [-0.1, -0.05) is 0 Å². The molecule has 1 amide bonds. The molecule has 0 bridgehead atoms. The number of carbonyl (C=O) groups excluding carboxylic acids is 1. The van der Waals surface area contributed by atoms with Crippen LogP contribution in [0.25, 0.3) is 0 Å². The molecule has 3 N–H and O–H groups in total. The van der Waals surface area contributed by atoms with Gasteiger partial charge in [-0.25, -0.2) is 0 Å². The second-order valence-corrected chi connectivity index (χ2v) is 4.97. The fourth-order valence-electron chi connectivity index (χ4n) is 1.22. The summed E-state index contributed by atoms with van der Waals surface area (Å²) < 4.78 is 0. The lowest BCUT2D eigenvalue weighted by Crippen LogP contribution is -2.39. The maximum Gasteiger partial charge on any atom is 0.272 e. The minimum absolute atomic E-state index is 0.111. The third-order valence-corrected chi connectivity index (χ3v) is 2.13. The summed E-state index contributed by atoms with van der Waals surface area (Å²) in [6, 6.07) is 3.55. The summed E-state index contributed by atoms with van der Waals surface area (Å²) in [5.74, 6) is -0.111. The molecule has 17 heavy (non-hydrogen) atoms. The largest absolute Gasteiger partial charge is 0.383 e. The summed E-state index contributed by atoms with van der Waals surface area (Å²) in [7, 11) is 3.40. The van der Waals surface area contributed by atoms with Crippen LogP contribution in [0.2, 0.25) is 0 Å². The minimum atomic E-state index is -0.297. The molecule has 1 heterocycles. The molecule has 0 fully saturated rings. The smallest absolute Gasteiger partial charge is 0.272 e. The number of amides is 1. The van der Waals surface area contributed by atoms with Gasteiger partial charge < -0.3 is 16.0 Å². The van der Waals surface area contributed by atoms with Crippen molar-refractivity contribution in [3.8, 4) is 0 Å². The number of hydrogen-bond donors (Lipinski definition) is 2. The molecule has 0 unspecified atom stereocenters. The first-order valence-electron chi connectivity index (χ1n) is 5.50. The summed E-state index contributed by atoms with van der Waals surface area (Å²) in [6.07, 6.45) is 1.61. The molecule has 5 heteroatoms. The molecule has 5 nitrogen and oxygen atoms in total. The Morgan fingerprint density at radius 3 is 2.71 bits per heavy atom. The van der Waals surface area contributed by atoms with Gasteiger partial charge in [0.25, 0.3) is 5.91 Å². The maximum absolute atomic E-state index is 11.7. The number of anilines is 1. The molecule has 0 spiro atoms. The van der Waals surface area contributed by atoms with E-state index in [0.29, 0.717) is 12.2 Å². The second kappa shape index (κ2) is 5.14. The summed E-state index contributed by atoms with van der Waals surface area (Å²) >= 11 is 0. The van der Waals surface area contributed by atoms with Crippen molar-refractivity contribution in [2.45, 2.75) is 19.4 Å².